The van der Waals surface area contributed by atoms with Crippen molar-refractivity contribution in [2.24, 2.45) is 5.92 Å². The van der Waals surface area contributed by atoms with Crippen LogP contribution in [0.4, 0.5) is 0 Å². The van der Waals surface area contributed by atoms with Gasteiger partial charge in [-0.2, -0.15) is 5.26 Å². The van der Waals surface area contributed by atoms with Crippen molar-refractivity contribution in [3.63, 3.8) is 0 Å². The summed E-state index contributed by atoms with van der Waals surface area (Å²) in [6, 6.07) is 15.8. The predicted octanol–water partition coefficient (Wildman–Crippen LogP) is 2.85. The minimum atomic E-state index is -0.499. The van der Waals surface area contributed by atoms with Gasteiger partial charge < -0.3 is 15.2 Å². The van der Waals surface area contributed by atoms with Crippen molar-refractivity contribution in [2.45, 2.75) is 18.9 Å². The number of hydrogen-bond acceptors (Lipinski definition) is 4. The van der Waals surface area contributed by atoms with E-state index in [9.17, 15) is 9.90 Å². The maximum atomic E-state index is 12.4. The van der Waals surface area contributed by atoms with Crippen LogP contribution >= 0.6 is 0 Å². The molecule has 5 nitrogen and oxygen atoms in total. The van der Waals surface area contributed by atoms with E-state index in [1.54, 1.807) is 48.5 Å². The normalized spacial score (nSPS) is 14.5. The molecule has 2 aromatic carbocycles. The molecule has 24 heavy (non-hydrogen) atoms. The van der Waals surface area contributed by atoms with Crippen molar-refractivity contribution in [3.05, 3.63) is 59.7 Å². The van der Waals surface area contributed by atoms with Crippen LogP contribution in [0.25, 0.3) is 0 Å². The second-order valence-electron chi connectivity index (χ2n) is 5.82. The molecular weight excluding hydrogens is 304 g/mol. The first-order valence-electron chi connectivity index (χ1n) is 7.91. The lowest BCUT2D eigenvalue weighted by molar-refractivity contribution is 0.0899. The Balaban J connectivity index is 1.75. The van der Waals surface area contributed by atoms with Crippen LogP contribution in [0.2, 0.25) is 0 Å². The highest BCUT2D eigenvalue weighted by molar-refractivity contribution is 5.97. The molecule has 1 atom stereocenters. The molecule has 0 radical (unpaired) electrons. The summed E-state index contributed by atoms with van der Waals surface area (Å²) in [7, 11) is 0. The van der Waals surface area contributed by atoms with Crippen molar-refractivity contribution >= 4 is 5.91 Å². The smallest absolute Gasteiger partial charge is 0.255 e. The van der Waals surface area contributed by atoms with Crippen LogP contribution in [0, 0.1) is 17.2 Å². The molecule has 1 aliphatic rings. The summed E-state index contributed by atoms with van der Waals surface area (Å²) in [5.41, 5.74) is 0.769. The number of carbonyl (C=O) groups excluding carboxylic acids is 1. The number of nitrogens with one attached hydrogen (secondary N) is 1. The number of amides is 1. The Morgan fingerprint density at radius 1 is 1.21 bits per heavy atom. The van der Waals surface area contributed by atoms with E-state index in [0.29, 0.717) is 28.5 Å². The highest BCUT2D eigenvalue weighted by atomic mass is 16.5. The van der Waals surface area contributed by atoms with Crippen LogP contribution in [0.3, 0.4) is 0 Å². The van der Waals surface area contributed by atoms with Gasteiger partial charge in [0.1, 0.15) is 17.6 Å². The molecule has 1 unspecified atom stereocenters. The van der Waals surface area contributed by atoms with Gasteiger partial charge in [0.05, 0.1) is 17.2 Å². The Labute approximate surface area is 140 Å². The van der Waals surface area contributed by atoms with Crippen LogP contribution in [-0.4, -0.2) is 23.7 Å². The minimum absolute atomic E-state index is 0.229. The fourth-order valence-electron chi connectivity index (χ4n) is 2.45. The topological polar surface area (TPSA) is 82.3 Å². The van der Waals surface area contributed by atoms with E-state index >= 15 is 0 Å². The molecule has 3 rings (SSSR count). The van der Waals surface area contributed by atoms with E-state index in [0.717, 1.165) is 12.8 Å². The summed E-state index contributed by atoms with van der Waals surface area (Å²) in [5, 5.41) is 21.8. The van der Waals surface area contributed by atoms with E-state index in [2.05, 4.69) is 11.4 Å². The minimum Gasteiger partial charge on any atom is -0.455 e. The number of ether oxygens (including phenoxy) is 1. The lowest BCUT2D eigenvalue weighted by Gasteiger charge is -2.14. The summed E-state index contributed by atoms with van der Waals surface area (Å²) in [4.78, 5) is 12.4. The van der Waals surface area contributed by atoms with Crippen molar-refractivity contribution < 1.29 is 14.6 Å². The zero-order chi connectivity index (χ0) is 16.9. The molecular formula is C19H18N2O3. The van der Waals surface area contributed by atoms with Crippen molar-refractivity contribution in [1.29, 1.82) is 5.26 Å². The summed E-state index contributed by atoms with van der Waals surface area (Å²) < 4.78 is 5.77. The largest absolute Gasteiger partial charge is 0.455 e. The quantitative estimate of drug-likeness (QED) is 0.857. The third-order valence-electron chi connectivity index (χ3n) is 4.00. The van der Waals surface area contributed by atoms with E-state index in [4.69, 9.17) is 10.00 Å². The first kappa shape index (κ1) is 16.0. The summed E-state index contributed by atoms with van der Waals surface area (Å²) in [6.45, 7) is 0.229. The van der Waals surface area contributed by atoms with Crippen molar-refractivity contribution in [1.82, 2.24) is 5.32 Å². The molecule has 1 saturated carbocycles. The van der Waals surface area contributed by atoms with E-state index in [1.807, 2.05) is 0 Å². The molecule has 0 aliphatic heterocycles. The van der Waals surface area contributed by atoms with E-state index in [-0.39, 0.29) is 12.5 Å². The summed E-state index contributed by atoms with van der Waals surface area (Å²) in [5.74, 6) is 0.774. The van der Waals surface area contributed by atoms with Gasteiger partial charge in [0, 0.05) is 6.54 Å². The average molecular weight is 322 g/mol. The van der Waals surface area contributed by atoms with Gasteiger partial charge in [-0.15, -0.1) is 0 Å². The number of nitrogens with zero attached hydrogens (tertiary/aromatic N) is 1. The van der Waals surface area contributed by atoms with Crippen LogP contribution in [0.5, 0.6) is 11.5 Å². The third-order valence-corrected chi connectivity index (χ3v) is 4.00. The van der Waals surface area contributed by atoms with Crippen molar-refractivity contribution in [2.75, 3.05) is 6.54 Å². The lowest BCUT2D eigenvalue weighted by Crippen LogP contribution is -2.33. The van der Waals surface area contributed by atoms with Gasteiger partial charge >= 0.3 is 0 Å². The number of nitriles is 1. The highest BCUT2D eigenvalue weighted by Crippen LogP contribution is 2.32. The molecule has 1 amide bonds. The average Bonchev–Trinajstić information content (AvgIpc) is 3.45. The Bertz CT molecular complexity index is 778. The number of benzene rings is 2. The molecule has 5 heteroatoms. The molecule has 0 saturated heterocycles. The first-order valence-corrected chi connectivity index (χ1v) is 7.91. The predicted molar refractivity (Wildman–Crippen MR) is 88.7 cm³/mol. The van der Waals surface area contributed by atoms with Crippen molar-refractivity contribution in [3.8, 4) is 17.6 Å². The molecule has 122 valence electrons. The Hall–Kier alpha value is -2.84. The molecule has 0 bridgehead atoms. The van der Waals surface area contributed by atoms with Gasteiger partial charge in [-0.05, 0) is 43.0 Å². The highest BCUT2D eigenvalue weighted by Gasteiger charge is 2.29. The van der Waals surface area contributed by atoms with Gasteiger partial charge in [-0.3, -0.25) is 4.79 Å². The number of rotatable bonds is 6. The summed E-state index contributed by atoms with van der Waals surface area (Å²) >= 11 is 0. The van der Waals surface area contributed by atoms with Gasteiger partial charge in [-0.25, -0.2) is 0 Å². The Morgan fingerprint density at radius 2 is 1.88 bits per heavy atom. The molecule has 1 fully saturated rings. The van der Waals surface area contributed by atoms with Gasteiger partial charge in [-0.1, -0.05) is 24.3 Å². The van der Waals surface area contributed by atoms with Crippen LogP contribution in [-0.2, 0) is 0 Å². The molecule has 0 aromatic heterocycles. The molecule has 1 aliphatic carbocycles. The molecule has 0 spiro atoms. The number of aliphatic hydroxyl groups excluding tert-OH is 1. The first-order chi connectivity index (χ1) is 11.7. The monoisotopic (exact) mass is 322 g/mol. The number of para-hydroxylation sites is 2. The Morgan fingerprint density at radius 3 is 2.58 bits per heavy atom. The SMILES string of the molecule is N#Cc1ccccc1Oc1ccccc1C(=O)NCC(O)C1CC1. The lowest BCUT2D eigenvalue weighted by atomic mass is 10.1. The fourth-order valence-corrected chi connectivity index (χ4v) is 2.45. The van der Waals surface area contributed by atoms with Gasteiger partial charge in [0.15, 0.2) is 0 Å². The van der Waals surface area contributed by atoms with Crippen LogP contribution in [0.1, 0.15) is 28.8 Å². The Kier molecular flexibility index (Phi) is 4.78. The zero-order valence-electron chi connectivity index (χ0n) is 13.1. The fraction of sp³-hybridized carbons (Fsp3) is 0.263. The number of hydrogen-bond donors (Lipinski definition) is 2. The van der Waals surface area contributed by atoms with E-state index < -0.39 is 6.10 Å². The summed E-state index contributed by atoms with van der Waals surface area (Å²) in [6.07, 6.45) is 1.53. The maximum absolute atomic E-state index is 12.4. The second kappa shape index (κ2) is 7.16. The van der Waals surface area contributed by atoms with Crippen LogP contribution < -0.4 is 10.1 Å². The van der Waals surface area contributed by atoms with Crippen LogP contribution in [0.15, 0.2) is 48.5 Å². The zero-order valence-corrected chi connectivity index (χ0v) is 13.1. The maximum Gasteiger partial charge on any atom is 0.255 e. The van der Waals surface area contributed by atoms with E-state index in [1.165, 1.54) is 0 Å². The molecule has 0 heterocycles. The van der Waals surface area contributed by atoms with Gasteiger partial charge in [0.2, 0.25) is 0 Å². The number of aliphatic hydroxyl groups is 1. The second-order valence-corrected chi connectivity index (χ2v) is 5.82. The number of carbonyl (C=O) groups is 1. The standard InChI is InChI=1S/C19H18N2O3/c20-11-14-5-1-3-7-17(14)24-18-8-4-2-6-15(18)19(23)21-12-16(22)13-9-10-13/h1-8,13,16,22H,9-10,12H2,(H,21,23). The molecule has 2 N–H and O–H groups in total. The molecule has 2 aromatic rings. The van der Waals surface area contributed by atoms with Gasteiger partial charge in [0.25, 0.3) is 5.91 Å². The third kappa shape index (κ3) is 3.73.